The first-order chi connectivity index (χ1) is 24.3. The second-order valence-electron chi connectivity index (χ2n) is 13.0. The molecule has 7 aromatic carbocycles. The van der Waals surface area contributed by atoms with Gasteiger partial charge in [-0.2, -0.15) is 0 Å². The zero-order valence-electron chi connectivity index (χ0n) is 26.1. The minimum absolute atomic E-state index is 0.665. The molecular formula is C44H24N4O. The quantitative estimate of drug-likeness (QED) is 0.192. The van der Waals surface area contributed by atoms with E-state index in [2.05, 4.69) is 118 Å². The summed E-state index contributed by atoms with van der Waals surface area (Å²) in [7, 11) is 0. The third-order valence-corrected chi connectivity index (χ3v) is 10.4. The van der Waals surface area contributed by atoms with Crippen LogP contribution in [-0.2, 0) is 0 Å². The van der Waals surface area contributed by atoms with Crippen LogP contribution in [0.2, 0.25) is 0 Å². The molecule has 0 saturated heterocycles. The van der Waals surface area contributed by atoms with Crippen LogP contribution in [0.15, 0.2) is 150 Å². The summed E-state index contributed by atoms with van der Waals surface area (Å²) in [6.45, 7) is 0. The summed E-state index contributed by atoms with van der Waals surface area (Å²) in [5.41, 5.74) is 9.06. The van der Waals surface area contributed by atoms with E-state index in [0.29, 0.717) is 11.4 Å². The number of nitrogens with zero attached hydrogens (tertiary/aromatic N) is 4. The standard InChI is InChI=1S/C44H24N4O/c1-2-12-25(13-3-1)43-45-39-30-18-8-11-21-37(30)49-42(39)44(46-43)48-35-20-10-7-17-29(35)32-24-31-28-16-6-9-19-34(28)47-36-23-27-15-5-4-14-26(27)22-33(36)38(40(31)47)41(32)48/h1-24H. The average molecular weight is 625 g/mol. The number of aromatic nitrogens is 4. The Labute approximate surface area is 278 Å². The molecule has 0 aliphatic rings. The van der Waals surface area contributed by atoms with Gasteiger partial charge in [-0.25, -0.2) is 9.97 Å². The van der Waals surface area contributed by atoms with Crippen LogP contribution >= 0.6 is 0 Å². The molecule has 0 N–H and O–H groups in total. The zero-order valence-corrected chi connectivity index (χ0v) is 26.1. The molecule has 0 amide bonds. The summed E-state index contributed by atoms with van der Waals surface area (Å²) in [6.07, 6.45) is 0. The summed E-state index contributed by atoms with van der Waals surface area (Å²) in [6, 6.07) is 51.6. The maximum absolute atomic E-state index is 6.69. The Morgan fingerprint density at radius 3 is 1.96 bits per heavy atom. The van der Waals surface area contributed by atoms with Gasteiger partial charge in [-0.1, -0.05) is 103 Å². The fraction of sp³-hybridized carbons (Fsp3) is 0. The van der Waals surface area contributed by atoms with Gasteiger partial charge < -0.3 is 8.82 Å². The van der Waals surface area contributed by atoms with Crippen molar-refractivity contribution in [3.8, 4) is 17.2 Å². The lowest BCUT2D eigenvalue weighted by Gasteiger charge is -2.11. The van der Waals surface area contributed by atoms with Crippen molar-refractivity contribution in [2.45, 2.75) is 0 Å². The molecule has 0 unspecified atom stereocenters. The Morgan fingerprint density at radius 1 is 0.469 bits per heavy atom. The van der Waals surface area contributed by atoms with Crippen LogP contribution in [-0.4, -0.2) is 18.9 Å². The third-order valence-electron chi connectivity index (χ3n) is 10.4. The second kappa shape index (κ2) is 9.00. The molecular weight excluding hydrogens is 601 g/mol. The van der Waals surface area contributed by atoms with Gasteiger partial charge in [0.1, 0.15) is 11.1 Å². The lowest BCUT2D eigenvalue weighted by atomic mass is 10.0. The van der Waals surface area contributed by atoms with Crippen molar-refractivity contribution in [2.24, 2.45) is 0 Å². The molecule has 0 saturated carbocycles. The number of hydrogen-bond acceptors (Lipinski definition) is 3. The van der Waals surface area contributed by atoms with Gasteiger partial charge in [-0.05, 0) is 53.2 Å². The Balaban J connectivity index is 1.37. The number of para-hydroxylation sites is 3. The average Bonchev–Trinajstić information content (AvgIpc) is 3.89. The summed E-state index contributed by atoms with van der Waals surface area (Å²) in [4.78, 5) is 10.5. The number of fused-ring (bicyclic) bond motifs is 14. The summed E-state index contributed by atoms with van der Waals surface area (Å²) in [5.74, 6) is 1.40. The predicted octanol–water partition coefficient (Wildman–Crippen LogP) is 11.4. The van der Waals surface area contributed by atoms with E-state index in [1.54, 1.807) is 0 Å². The summed E-state index contributed by atoms with van der Waals surface area (Å²) in [5, 5.41) is 10.7. The smallest absolute Gasteiger partial charge is 0.197 e. The number of hydrogen-bond donors (Lipinski definition) is 0. The molecule has 0 radical (unpaired) electrons. The number of benzene rings is 7. The SMILES string of the molecule is c1ccc(-c2nc(-n3c4ccccc4c4cc5c6ccccc6n6c7cc8ccccc8cc7c(c43)c56)c3oc4ccccc4c3n2)cc1. The number of furan rings is 1. The van der Waals surface area contributed by atoms with Gasteiger partial charge in [0.2, 0.25) is 0 Å². The lowest BCUT2D eigenvalue weighted by Crippen LogP contribution is -2.02. The topological polar surface area (TPSA) is 48.3 Å². The van der Waals surface area contributed by atoms with Crippen LogP contribution in [0.25, 0.3) is 110 Å². The molecule has 0 spiro atoms. The highest BCUT2D eigenvalue weighted by atomic mass is 16.3. The molecule has 5 heteroatoms. The van der Waals surface area contributed by atoms with Gasteiger partial charge in [-0.3, -0.25) is 4.57 Å². The van der Waals surface area contributed by atoms with Crippen LogP contribution in [0.4, 0.5) is 0 Å². The van der Waals surface area contributed by atoms with Crippen LogP contribution in [0.5, 0.6) is 0 Å². The Morgan fingerprint density at radius 2 is 1.12 bits per heavy atom. The van der Waals surface area contributed by atoms with Crippen LogP contribution in [0.3, 0.4) is 0 Å². The molecule has 5 heterocycles. The van der Waals surface area contributed by atoms with Crippen molar-refractivity contribution in [2.75, 3.05) is 0 Å². The first-order valence-corrected chi connectivity index (χ1v) is 16.6. The Bertz CT molecular complexity index is 3330. The molecule has 0 bridgehead atoms. The van der Waals surface area contributed by atoms with Crippen molar-refractivity contribution < 1.29 is 4.42 Å². The van der Waals surface area contributed by atoms with E-state index >= 15 is 0 Å². The molecule has 12 rings (SSSR count). The van der Waals surface area contributed by atoms with Gasteiger partial charge in [0.25, 0.3) is 0 Å². The highest BCUT2D eigenvalue weighted by Crippen LogP contribution is 2.47. The molecule has 0 aliphatic heterocycles. The molecule has 0 atom stereocenters. The van der Waals surface area contributed by atoms with Gasteiger partial charge >= 0.3 is 0 Å². The predicted molar refractivity (Wildman–Crippen MR) is 201 cm³/mol. The van der Waals surface area contributed by atoms with E-state index in [4.69, 9.17) is 14.4 Å². The van der Waals surface area contributed by atoms with Gasteiger partial charge in [-0.15, -0.1) is 0 Å². The molecule has 12 aromatic rings. The van der Waals surface area contributed by atoms with E-state index in [0.717, 1.165) is 38.9 Å². The van der Waals surface area contributed by atoms with Gasteiger partial charge in [0.15, 0.2) is 17.2 Å². The molecule has 0 fully saturated rings. The Kier molecular flexibility index (Phi) is 4.66. The molecule has 5 aromatic heterocycles. The lowest BCUT2D eigenvalue weighted by molar-refractivity contribution is 0.662. The highest BCUT2D eigenvalue weighted by Gasteiger charge is 2.27. The second-order valence-corrected chi connectivity index (χ2v) is 13.0. The normalized spacial score (nSPS) is 12.5. The van der Waals surface area contributed by atoms with Crippen molar-refractivity contribution in [3.63, 3.8) is 0 Å². The molecule has 5 nitrogen and oxygen atoms in total. The van der Waals surface area contributed by atoms with Crippen LogP contribution < -0.4 is 0 Å². The first-order valence-electron chi connectivity index (χ1n) is 16.6. The minimum Gasteiger partial charge on any atom is -0.450 e. The number of rotatable bonds is 2. The van der Waals surface area contributed by atoms with Crippen molar-refractivity contribution in [1.82, 2.24) is 18.9 Å². The molecule has 49 heavy (non-hydrogen) atoms. The zero-order chi connectivity index (χ0) is 31.8. The van der Waals surface area contributed by atoms with Gasteiger partial charge in [0.05, 0.1) is 27.6 Å². The van der Waals surface area contributed by atoms with E-state index < -0.39 is 0 Å². The fourth-order valence-electron chi connectivity index (χ4n) is 8.35. The first kappa shape index (κ1) is 25.4. The van der Waals surface area contributed by atoms with Crippen molar-refractivity contribution in [1.29, 1.82) is 0 Å². The van der Waals surface area contributed by atoms with Crippen molar-refractivity contribution in [3.05, 3.63) is 146 Å². The Hall–Kier alpha value is -6.72. The van der Waals surface area contributed by atoms with E-state index in [-0.39, 0.29) is 0 Å². The van der Waals surface area contributed by atoms with E-state index in [9.17, 15) is 0 Å². The maximum Gasteiger partial charge on any atom is 0.197 e. The van der Waals surface area contributed by atoms with Gasteiger partial charge in [0, 0.05) is 43.3 Å². The summed E-state index contributed by atoms with van der Waals surface area (Å²) >= 11 is 0. The summed E-state index contributed by atoms with van der Waals surface area (Å²) < 4.78 is 11.5. The largest absolute Gasteiger partial charge is 0.450 e. The minimum atomic E-state index is 0.665. The van der Waals surface area contributed by atoms with Crippen LogP contribution in [0, 0.1) is 0 Å². The molecule has 226 valence electrons. The fourth-order valence-corrected chi connectivity index (χ4v) is 8.35. The highest BCUT2D eigenvalue weighted by molar-refractivity contribution is 6.35. The van der Waals surface area contributed by atoms with E-state index in [1.807, 2.05) is 36.4 Å². The molecule has 0 aliphatic carbocycles. The van der Waals surface area contributed by atoms with Crippen molar-refractivity contribution >= 4 is 92.7 Å². The monoisotopic (exact) mass is 624 g/mol. The van der Waals surface area contributed by atoms with Crippen LogP contribution in [0.1, 0.15) is 0 Å². The maximum atomic E-state index is 6.69. The third kappa shape index (κ3) is 3.19. The van der Waals surface area contributed by atoms with E-state index in [1.165, 1.54) is 59.6 Å².